The molecule has 1 aliphatic rings. The smallest absolute Gasteiger partial charge is 0.119 e. The zero-order chi connectivity index (χ0) is 11.2. The van der Waals surface area contributed by atoms with Gasteiger partial charge in [0, 0.05) is 10.4 Å². The summed E-state index contributed by atoms with van der Waals surface area (Å²) in [7, 11) is 0. The predicted molar refractivity (Wildman–Crippen MR) is 64.8 cm³/mol. The van der Waals surface area contributed by atoms with Gasteiger partial charge in [-0.2, -0.15) is 0 Å². The van der Waals surface area contributed by atoms with E-state index in [9.17, 15) is 0 Å². The number of rotatable bonds is 3. The minimum atomic E-state index is 0.325. The van der Waals surface area contributed by atoms with E-state index in [4.69, 9.17) is 14.2 Å². The summed E-state index contributed by atoms with van der Waals surface area (Å²) in [5.41, 5.74) is 0. The van der Waals surface area contributed by atoms with E-state index in [1.165, 1.54) is 0 Å². The molecule has 16 heavy (non-hydrogen) atoms. The Balaban J connectivity index is 1.79. The van der Waals surface area contributed by atoms with Gasteiger partial charge < -0.3 is 14.2 Å². The summed E-state index contributed by atoms with van der Waals surface area (Å²) in [4.78, 5) is 0. The molecule has 0 N–H and O–H groups in total. The second kappa shape index (κ2) is 6.23. The molecular weight excluding hydrogens is 272 g/mol. The molecule has 1 aliphatic heterocycles. The van der Waals surface area contributed by atoms with Crippen molar-refractivity contribution in [3.05, 3.63) is 28.7 Å². The minimum absolute atomic E-state index is 0.325. The zero-order valence-corrected chi connectivity index (χ0v) is 10.6. The Morgan fingerprint density at radius 3 is 2.38 bits per heavy atom. The van der Waals surface area contributed by atoms with Gasteiger partial charge in [-0.15, -0.1) is 0 Å². The van der Waals surface area contributed by atoms with E-state index >= 15 is 0 Å². The van der Waals surface area contributed by atoms with Crippen molar-refractivity contribution in [2.45, 2.75) is 0 Å². The Labute approximate surface area is 104 Å². The molecule has 0 aromatic heterocycles. The van der Waals surface area contributed by atoms with Crippen LogP contribution in [0.5, 0.6) is 5.75 Å². The van der Waals surface area contributed by atoms with E-state index in [1.807, 2.05) is 24.3 Å². The first-order chi connectivity index (χ1) is 7.84. The molecular formula is C12H15BrO3. The molecule has 1 fully saturated rings. The number of ether oxygens (including phenoxy) is 3. The third-order valence-electron chi connectivity index (χ3n) is 2.38. The fourth-order valence-corrected chi connectivity index (χ4v) is 1.77. The number of halogens is 1. The second-order valence-corrected chi connectivity index (χ2v) is 4.70. The third kappa shape index (κ3) is 3.77. The Morgan fingerprint density at radius 2 is 1.75 bits per heavy atom. The van der Waals surface area contributed by atoms with Gasteiger partial charge in [-0.1, -0.05) is 15.9 Å². The molecule has 0 radical (unpaired) electrons. The highest BCUT2D eigenvalue weighted by molar-refractivity contribution is 9.10. The highest BCUT2D eigenvalue weighted by Crippen LogP contribution is 2.17. The first-order valence-corrected chi connectivity index (χ1v) is 6.18. The van der Waals surface area contributed by atoms with E-state index < -0.39 is 0 Å². The van der Waals surface area contributed by atoms with Crippen LogP contribution in [0.2, 0.25) is 0 Å². The van der Waals surface area contributed by atoms with Crippen molar-refractivity contribution in [2.75, 3.05) is 33.0 Å². The van der Waals surface area contributed by atoms with Gasteiger partial charge in [-0.25, -0.2) is 0 Å². The highest BCUT2D eigenvalue weighted by Gasteiger charge is 2.13. The first kappa shape index (κ1) is 11.9. The van der Waals surface area contributed by atoms with Crippen molar-refractivity contribution < 1.29 is 14.2 Å². The molecule has 1 heterocycles. The van der Waals surface area contributed by atoms with Gasteiger partial charge in [0.1, 0.15) is 5.75 Å². The van der Waals surface area contributed by atoms with Gasteiger partial charge in [0.2, 0.25) is 0 Å². The number of hydrogen-bond acceptors (Lipinski definition) is 3. The summed E-state index contributed by atoms with van der Waals surface area (Å²) in [5.74, 6) is 1.21. The lowest BCUT2D eigenvalue weighted by Gasteiger charge is -2.14. The Morgan fingerprint density at radius 1 is 1.12 bits per heavy atom. The van der Waals surface area contributed by atoms with E-state index in [2.05, 4.69) is 15.9 Å². The van der Waals surface area contributed by atoms with Crippen molar-refractivity contribution >= 4 is 15.9 Å². The fraction of sp³-hybridized carbons (Fsp3) is 0.500. The quantitative estimate of drug-likeness (QED) is 0.855. The second-order valence-electron chi connectivity index (χ2n) is 3.78. The average molecular weight is 287 g/mol. The van der Waals surface area contributed by atoms with Crippen molar-refractivity contribution in [1.29, 1.82) is 0 Å². The predicted octanol–water partition coefficient (Wildman–Crippen LogP) is 2.49. The van der Waals surface area contributed by atoms with Gasteiger partial charge in [0.25, 0.3) is 0 Å². The monoisotopic (exact) mass is 286 g/mol. The largest absolute Gasteiger partial charge is 0.493 e. The highest BCUT2D eigenvalue weighted by atomic mass is 79.9. The molecule has 0 amide bonds. The van der Waals surface area contributed by atoms with E-state index in [0.29, 0.717) is 25.7 Å². The fourth-order valence-electron chi connectivity index (χ4n) is 1.51. The molecule has 3 nitrogen and oxygen atoms in total. The number of hydrogen-bond donors (Lipinski definition) is 0. The van der Waals surface area contributed by atoms with Crippen LogP contribution >= 0.6 is 15.9 Å². The zero-order valence-electron chi connectivity index (χ0n) is 9.02. The van der Waals surface area contributed by atoms with E-state index in [0.717, 1.165) is 23.4 Å². The molecule has 1 aromatic carbocycles. The number of benzene rings is 1. The summed E-state index contributed by atoms with van der Waals surface area (Å²) in [6.45, 7) is 3.46. The van der Waals surface area contributed by atoms with Gasteiger partial charge in [0.05, 0.1) is 33.0 Å². The molecule has 0 saturated carbocycles. The van der Waals surface area contributed by atoms with E-state index in [-0.39, 0.29) is 0 Å². The van der Waals surface area contributed by atoms with Crippen molar-refractivity contribution in [2.24, 2.45) is 5.92 Å². The summed E-state index contributed by atoms with van der Waals surface area (Å²) >= 11 is 3.39. The Bertz CT molecular complexity index is 305. The average Bonchev–Trinajstić information content (AvgIpc) is 2.57. The van der Waals surface area contributed by atoms with Crippen LogP contribution in [0.15, 0.2) is 28.7 Å². The Hall–Kier alpha value is -0.580. The molecule has 0 unspecified atom stereocenters. The van der Waals surface area contributed by atoms with Crippen LogP contribution in [0.1, 0.15) is 0 Å². The molecule has 1 saturated heterocycles. The van der Waals surface area contributed by atoms with Crippen LogP contribution in [0.3, 0.4) is 0 Å². The van der Waals surface area contributed by atoms with E-state index in [1.54, 1.807) is 0 Å². The maximum atomic E-state index is 5.68. The maximum Gasteiger partial charge on any atom is 0.119 e. The normalized spacial score (nSPS) is 18.1. The first-order valence-electron chi connectivity index (χ1n) is 5.38. The lowest BCUT2D eigenvalue weighted by atomic mass is 10.2. The topological polar surface area (TPSA) is 27.7 Å². The van der Waals surface area contributed by atoms with Crippen molar-refractivity contribution in [3.8, 4) is 5.75 Å². The standard InChI is InChI=1S/C12H15BrO3/c13-11-1-3-12(4-2-11)16-9-10-7-14-5-6-15-8-10/h1-4,10H,5-9H2. The van der Waals surface area contributed by atoms with Gasteiger partial charge in [0.15, 0.2) is 0 Å². The van der Waals surface area contributed by atoms with Crippen LogP contribution < -0.4 is 4.74 Å². The molecule has 0 bridgehead atoms. The van der Waals surface area contributed by atoms with Crippen LogP contribution in [0, 0.1) is 5.92 Å². The molecule has 88 valence electrons. The molecule has 0 aliphatic carbocycles. The molecule has 0 spiro atoms. The lowest BCUT2D eigenvalue weighted by molar-refractivity contribution is 0.101. The van der Waals surface area contributed by atoms with Crippen LogP contribution in [-0.4, -0.2) is 33.0 Å². The van der Waals surface area contributed by atoms with Crippen LogP contribution in [0.25, 0.3) is 0 Å². The Kier molecular flexibility index (Phi) is 4.63. The minimum Gasteiger partial charge on any atom is -0.493 e. The molecule has 1 aromatic rings. The van der Waals surface area contributed by atoms with Crippen molar-refractivity contribution in [1.82, 2.24) is 0 Å². The molecule has 2 rings (SSSR count). The lowest BCUT2D eigenvalue weighted by Crippen LogP contribution is -2.20. The van der Waals surface area contributed by atoms with Gasteiger partial charge >= 0.3 is 0 Å². The van der Waals surface area contributed by atoms with Gasteiger partial charge in [-0.3, -0.25) is 0 Å². The third-order valence-corrected chi connectivity index (χ3v) is 2.91. The maximum absolute atomic E-state index is 5.68. The van der Waals surface area contributed by atoms with Crippen molar-refractivity contribution in [3.63, 3.8) is 0 Å². The SMILES string of the molecule is Brc1ccc(OCC2COCCOC2)cc1. The van der Waals surface area contributed by atoms with Crippen LogP contribution in [-0.2, 0) is 9.47 Å². The summed E-state index contributed by atoms with van der Waals surface area (Å²) in [6, 6.07) is 7.83. The molecule has 0 atom stereocenters. The summed E-state index contributed by atoms with van der Waals surface area (Å²) in [6.07, 6.45) is 0. The van der Waals surface area contributed by atoms with Crippen LogP contribution in [0.4, 0.5) is 0 Å². The summed E-state index contributed by atoms with van der Waals surface area (Å²) in [5, 5.41) is 0. The summed E-state index contributed by atoms with van der Waals surface area (Å²) < 4.78 is 17.5. The molecule has 4 heteroatoms. The van der Waals surface area contributed by atoms with Gasteiger partial charge in [-0.05, 0) is 24.3 Å².